The first-order valence-corrected chi connectivity index (χ1v) is 6.12. The summed E-state index contributed by atoms with van der Waals surface area (Å²) in [4.78, 5) is 21.9. The van der Waals surface area contributed by atoms with Crippen LogP contribution < -0.4 is 5.43 Å². The van der Waals surface area contributed by atoms with E-state index in [4.69, 9.17) is 4.42 Å². The lowest BCUT2D eigenvalue weighted by molar-refractivity contribution is -0.384. The Bertz CT molecular complexity index is 719. The molecule has 0 spiro atoms. The lowest BCUT2D eigenvalue weighted by Crippen LogP contribution is -2.17. The van der Waals surface area contributed by atoms with Crippen molar-refractivity contribution in [3.05, 3.63) is 63.1 Å². The van der Waals surface area contributed by atoms with Gasteiger partial charge in [-0.15, -0.1) is 0 Å². The Balaban J connectivity index is 2.06. The van der Waals surface area contributed by atoms with Crippen molar-refractivity contribution in [2.75, 3.05) is 0 Å². The molecule has 0 aliphatic heterocycles. The molecule has 0 aliphatic carbocycles. The highest BCUT2D eigenvalue weighted by Crippen LogP contribution is 2.13. The van der Waals surface area contributed by atoms with Crippen LogP contribution in [0.5, 0.6) is 0 Å². The van der Waals surface area contributed by atoms with Crippen LogP contribution in [-0.4, -0.2) is 17.0 Å². The van der Waals surface area contributed by atoms with Gasteiger partial charge in [0.2, 0.25) is 0 Å². The molecule has 1 heterocycles. The first-order chi connectivity index (χ1) is 9.97. The van der Waals surface area contributed by atoms with Crippen LogP contribution in [-0.2, 0) is 0 Å². The summed E-state index contributed by atoms with van der Waals surface area (Å²) in [7, 11) is 0. The van der Waals surface area contributed by atoms with Gasteiger partial charge in [-0.3, -0.25) is 14.9 Å². The molecule has 0 bridgehead atoms. The number of nitrogens with one attached hydrogen (secondary N) is 1. The minimum absolute atomic E-state index is 0.145. The minimum Gasteiger partial charge on any atom is -0.466 e. The number of carbonyl (C=O) groups is 1. The maximum atomic E-state index is 11.8. The van der Waals surface area contributed by atoms with E-state index in [1.165, 1.54) is 30.5 Å². The molecule has 0 saturated heterocycles. The smallest absolute Gasteiger partial charge is 0.271 e. The van der Waals surface area contributed by atoms with E-state index < -0.39 is 10.8 Å². The van der Waals surface area contributed by atoms with E-state index in [0.29, 0.717) is 5.76 Å². The molecular weight excluding hydrogens is 274 g/mol. The van der Waals surface area contributed by atoms with Gasteiger partial charge in [-0.1, -0.05) is 6.07 Å². The summed E-state index contributed by atoms with van der Waals surface area (Å²) in [6, 6.07) is 7.22. The second-order valence-corrected chi connectivity index (χ2v) is 4.38. The van der Waals surface area contributed by atoms with Crippen molar-refractivity contribution in [2.45, 2.75) is 13.8 Å². The number of aryl methyl sites for hydroxylation is 2. The van der Waals surface area contributed by atoms with Crippen LogP contribution >= 0.6 is 0 Å². The molecule has 108 valence electrons. The van der Waals surface area contributed by atoms with Gasteiger partial charge in [-0.25, -0.2) is 5.43 Å². The van der Waals surface area contributed by atoms with Crippen molar-refractivity contribution in [3.8, 4) is 0 Å². The number of non-ortho nitro benzene ring substituents is 1. The number of nitrogens with zero attached hydrogens (tertiary/aromatic N) is 2. The maximum absolute atomic E-state index is 11.8. The van der Waals surface area contributed by atoms with E-state index in [2.05, 4.69) is 10.5 Å². The summed E-state index contributed by atoms with van der Waals surface area (Å²) in [5.74, 6) is 0.924. The molecule has 1 N–H and O–H groups in total. The summed E-state index contributed by atoms with van der Waals surface area (Å²) in [5.41, 5.74) is 3.10. The van der Waals surface area contributed by atoms with Crippen LogP contribution in [0.25, 0.3) is 0 Å². The van der Waals surface area contributed by atoms with Crippen LogP contribution in [0.2, 0.25) is 0 Å². The van der Waals surface area contributed by atoms with Crippen LogP contribution in [0.15, 0.2) is 39.9 Å². The average molecular weight is 287 g/mol. The Morgan fingerprint density at radius 1 is 1.38 bits per heavy atom. The maximum Gasteiger partial charge on any atom is 0.271 e. The van der Waals surface area contributed by atoms with Crippen molar-refractivity contribution >= 4 is 17.8 Å². The van der Waals surface area contributed by atoms with Crippen molar-refractivity contribution < 1.29 is 14.1 Å². The molecule has 7 heteroatoms. The zero-order valence-electron chi connectivity index (χ0n) is 11.5. The predicted molar refractivity (Wildman–Crippen MR) is 76.3 cm³/mol. The van der Waals surface area contributed by atoms with E-state index in [9.17, 15) is 14.9 Å². The molecule has 0 radical (unpaired) electrons. The second kappa shape index (κ2) is 6.00. The highest BCUT2D eigenvalue weighted by Gasteiger charge is 2.10. The third-order valence-corrected chi connectivity index (χ3v) is 2.77. The fourth-order valence-corrected chi connectivity index (χ4v) is 1.76. The fraction of sp³-hybridized carbons (Fsp3) is 0.143. The Labute approximate surface area is 120 Å². The molecule has 1 amide bonds. The number of furan rings is 1. The highest BCUT2D eigenvalue weighted by atomic mass is 16.6. The van der Waals surface area contributed by atoms with Gasteiger partial charge < -0.3 is 4.42 Å². The van der Waals surface area contributed by atoms with Gasteiger partial charge in [-0.05, 0) is 26.0 Å². The first kappa shape index (κ1) is 14.4. The monoisotopic (exact) mass is 287 g/mol. The molecule has 1 aromatic heterocycles. The number of nitro benzene ring substituents is 1. The van der Waals surface area contributed by atoms with Crippen LogP contribution in [0.3, 0.4) is 0 Å². The first-order valence-electron chi connectivity index (χ1n) is 6.12. The molecule has 1 aromatic carbocycles. The predicted octanol–water partition coefficient (Wildman–Crippen LogP) is 2.57. The number of hydrazone groups is 1. The van der Waals surface area contributed by atoms with E-state index in [1.807, 2.05) is 6.92 Å². The van der Waals surface area contributed by atoms with Crippen LogP contribution in [0, 0.1) is 24.0 Å². The lowest BCUT2D eigenvalue weighted by Gasteiger charge is -1.99. The standard InChI is InChI=1S/C14H13N3O4/c1-9-6-12(10(2)21-9)8-15-16-14(18)11-4-3-5-13(7-11)17(19)20/h3-8H,1-2H3,(H,16,18)/b15-8+. The van der Waals surface area contributed by atoms with Gasteiger partial charge in [0, 0.05) is 23.3 Å². The molecule has 0 atom stereocenters. The third kappa shape index (κ3) is 3.53. The molecule has 0 aliphatic rings. The SMILES string of the molecule is Cc1cc(/C=N/NC(=O)c2cccc([N+](=O)[O-])c2)c(C)o1. The Morgan fingerprint density at radius 3 is 2.76 bits per heavy atom. The Hall–Kier alpha value is -2.96. The molecular formula is C14H13N3O4. The molecule has 0 unspecified atom stereocenters. The molecule has 2 rings (SSSR count). The van der Waals surface area contributed by atoms with Gasteiger partial charge in [-0.2, -0.15) is 5.10 Å². The largest absolute Gasteiger partial charge is 0.466 e. The highest BCUT2D eigenvalue weighted by molar-refractivity contribution is 5.95. The number of nitro groups is 1. The molecule has 7 nitrogen and oxygen atoms in total. The van der Waals surface area contributed by atoms with E-state index in [0.717, 1.165) is 11.3 Å². The number of benzene rings is 1. The summed E-state index contributed by atoms with van der Waals surface area (Å²) in [6.45, 7) is 3.60. The quantitative estimate of drug-likeness (QED) is 0.530. The summed E-state index contributed by atoms with van der Waals surface area (Å²) in [6.07, 6.45) is 1.46. The number of hydrogen-bond acceptors (Lipinski definition) is 5. The van der Waals surface area contributed by atoms with Gasteiger partial charge >= 0.3 is 0 Å². The van der Waals surface area contributed by atoms with Crippen molar-refractivity contribution in [1.82, 2.24) is 5.43 Å². The Morgan fingerprint density at radius 2 is 2.14 bits per heavy atom. The van der Waals surface area contributed by atoms with E-state index >= 15 is 0 Å². The fourth-order valence-electron chi connectivity index (χ4n) is 1.76. The van der Waals surface area contributed by atoms with Gasteiger partial charge in [0.1, 0.15) is 11.5 Å². The number of amides is 1. The lowest BCUT2D eigenvalue weighted by atomic mass is 10.2. The number of carbonyl (C=O) groups excluding carboxylic acids is 1. The van der Waals surface area contributed by atoms with Crippen molar-refractivity contribution in [3.63, 3.8) is 0 Å². The molecule has 21 heavy (non-hydrogen) atoms. The van der Waals surface area contributed by atoms with Crippen LogP contribution in [0.1, 0.15) is 27.4 Å². The number of rotatable bonds is 4. The third-order valence-electron chi connectivity index (χ3n) is 2.77. The molecule has 2 aromatic rings. The van der Waals surface area contributed by atoms with Crippen molar-refractivity contribution in [1.29, 1.82) is 0 Å². The van der Waals surface area contributed by atoms with Gasteiger partial charge in [0.15, 0.2) is 0 Å². The zero-order chi connectivity index (χ0) is 15.4. The summed E-state index contributed by atoms with van der Waals surface area (Å²) >= 11 is 0. The van der Waals surface area contributed by atoms with E-state index in [-0.39, 0.29) is 11.3 Å². The second-order valence-electron chi connectivity index (χ2n) is 4.38. The Kier molecular flexibility index (Phi) is 4.13. The van der Waals surface area contributed by atoms with E-state index in [1.54, 1.807) is 13.0 Å². The summed E-state index contributed by atoms with van der Waals surface area (Å²) in [5, 5.41) is 14.5. The molecule has 0 saturated carbocycles. The minimum atomic E-state index is -0.558. The normalized spacial score (nSPS) is 10.8. The molecule has 0 fully saturated rings. The number of hydrogen-bond donors (Lipinski definition) is 1. The van der Waals surface area contributed by atoms with Crippen LogP contribution in [0.4, 0.5) is 5.69 Å². The topological polar surface area (TPSA) is 97.7 Å². The summed E-state index contributed by atoms with van der Waals surface area (Å²) < 4.78 is 5.32. The zero-order valence-corrected chi connectivity index (χ0v) is 11.5. The van der Waals surface area contributed by atoms with Gasteiger partial charge in [0.05, 0.1) is 11.1 Å². The average Bonchev–Trinajstić information content (AvgIpc) is 2.77. The van der Waals surface area contributed by atoms with Crippen molar-refractivity contribution in [2.24, 2.45) is 5.10 Å². The van der Waals surface area contributed by atoms with Gasteiger partial charge in [0.25, 0.3) is 11.6 Å².